The van der Waals surface area contributed by atoms with Crippen molar-refractivity contribution < 1.29 is 4.79 Å². The summed E-state index contributed by atoms with van der Waals surface area (Å²) >= 11 is 5.35. The summed E-state index contributed by atoms with van der Waals surface area (Å²) in [5, 5.41) is 2.62. The molecule has 0 aromatic carbocycles. The molecule has 0 aliphatic heterocycles. The number of nitrogens with one attached hydrogen (secondary N) is 1. The highest BCUT2D eigenvalue weighted by Gasteiger charge is 2.05. The molecule has 0 bridgehead atoms. The van der Waals surface area contributed by atoms with E-state index in [9.17, 15) is 9.59 Å². The number of rotatable bonds is 4. The highest BCUT2D eigenvalue weighted by molar-refractivity contribution is 6.26. The second kappa shape index (κ2) is 6.06. The van der Waals surface area contributed by atoms with Crippen molar-refractivity contribution in [3.8, 4) is 0 Å². The van der Waals surface area contributed by atoms with Crippen LogP contribution in [0.5, 0.6) is 0 Å². The highest BCUT2D eigenvalue weighted by atomic mass is 35.5. The molecule has 90 valence electrons. The first-order valence-electron chi connectivity index (χ1n) is 5.06. The maximum atomic E-state index is 11.6. The van der Waals surface area contributed by atoms with Crippen LogP contribution in [0, 0.1) is 0 Å². The molecule has 5 heteroatoms. The standard InChI is InChI=1S/C12H13ClN2O2/c1-3-15-8-10(4-5-11(15)16)14-12(17)9(2)6-7-13/h4-8H,2-3H2,1H3,(H,14,17)/b7-6+. The van der Waals surface area contributed by atoms with E-state index >= 15 is 0 Å². The molecule has 0 aliphatic rings. The molecule has 0 saturated heterocycles. The Morgan fingerprint density at radius 3 is 2.88 bits per heavy atom. The Balaban J connectivity index is 2.86. The summed E-state index contributed by atoms with van der Waals surface area (Å²) in [6.07, 6.45) is 2.98. The minimum absolute atomic E-state index is 0.107. The fourth-order valence-electron chi connectivity index (χ4n) is 1.22. The van der Waals surface area contributed by atoms with Crippen molar-refractivity contribution >= 4 is 23.2 Å². The lowest BCUT2D eigenvalue weighted by atomic mass is 10.3. The first-order chi connectivity index (χ1) is 8.08. The molecule has 0 atom stereocenters. The quantitative estimate of drug-likeness (QED) is 0.659. The van der Waals surface area contributed by atoms with E-state index in [1.807, 2.05) is 6.92 Å². The number of aromatic nitrogens is 1. The number of carbonyl (C=O) groups excluding carboxylic acids is 1. The molecule has 17 heavy (non-hydrogen) atoms. The van der Waals surface area contributed by atoms with Gasteiger partial charge in [-0.15, -0.1) is 0 Å². The third-order valence-electron chi connectivity index (χ3n) is 2.14. The van der Waals surface area contributed by atoms with Crippen LogP contribution in [0.4, 0.5) is 5.69 Å². The van der Waals surface area contributed by atoms with Crippen molar-refractivity contribution in [3.05, 3.63) is 52.4 Å². The summed E-state index contributed by atoms with van der Waals surface area (Å²) in [6, 6.07) is 2.95. The van der Waals surface area contributed by atoms with Gasteiger partial charge in [0.05, 0.1) is 5.69 Å². The van der Waals surface area contributed by atoms with Gasteiger partial charge in [0.2, 0.25) is 0 Å². The van der Waals surface area contributed by atoms with Gasteiger partial charge < -0.3 is 9.88 Å². The number of hydrogen-bond donors (Lipinski definition) is 1. The maximum Gasteiger partial charge on any atom is 0.255 e. The van der Waals surface area contributed by atoms with Crippen LogP contribution in [0.1, 0.15) is 6.92 Å². The van der Waals surface area contributed by atoms with E-state index in [4.69, 9.17) is 11.6 Å². The molecule has 0 aliphatic carbocycles. The summed E-state index contributed by atoms with van der Waals surface area (Å²) in [4.78, 5) is 22.9. The van der Waals surface area contributed by atoms with E-state index in [2.05, 4.69) is 11.9 Å². The van der Waals surface area contributed by atoms with Crippen molar-refractivity contribution in [1.82, 2.24) is 4.57 Å². The zero-order valence-electron chi connectivity index (χ0n) is 9.44. The van der Waals surface area contributed by atoms with Gasteiger partial charge in [0.15, 0.2) is 0 Å². The van der Waals surface area contributed by atoms with E-state index in [1.54, 1.807) is 12.3 Å². The van der Waals surface area contributed by atoms with Crippen LogP contribution < -0.4 is 10.9 Å². The Kier molecular flexibility index (Phi) is 4.72. The molecule has 1 heterocycles. The van der Waals surface area contributed by atoms with Crippen LogP contribution in [0.3, 0.4) is 0 Å². The molecule has 0 radical (unpaired) electrons. The van der Waals surface area contributed by atoms with Gasteiger partial charge in [0.25, 0.3) is 11.5 Å². The monoisotopic (exact) mass is 252 g/mol. The predicted molar refractivity (Wildman–Crippen MR) is 69.1 cm³/mol. The van der Waals surface area contributed by atoms with Crippen LogP contribution >= 0.6 is 11.6 Å². The zero-order chi connectivity index (χ0) is 12.8. The predicted octanol–water partition coefficient (Wildman–Crippen LogP) is 2.12. The number of carbonyl (C=O) groups is 1. The summed E-state index contributed by atoms with van der Waals surface area (Å²) in [6.45, 7) is 5.94. The summed E-state index contributed by atoms with van der Waals surface area (Å²) in [5.74, 6) is -0.358. The van der Waals surface area contributed by atoms with Crippen molar-refractivity contribution in [1.29, 1.82) is 0 Å². The van der Waals surface area contributed by atoms with Gasteiger partial charge in [-0.05, 0) is 19.1 Å². The van der Waals surface area contributed by atoms with Crippen LogP contribution in [0.25, 0.3) is 0 Å². The fourth-order valence-corrected chi connectivity index (χ4v) is 1.37. The third kappa shape index (κ3) is 3.60. The number of amides is 1. The van der Waals surface area contributed by atoms with Crippen LogP contribution in [-0.2, 0) is 11.3 Å². The normalized spacial score (nSPS) is 10.5. The fraction of sp³-hybridized carbons (Fsp3) is 0.167. The number of anilines is 1. The van der Waals surface area contributed by atoms with Gasteiger partial charge in [0, 0.05) is 29.9 Å². The molecule has 1 N–H and O–H groups in total. The molecule has 1 aromatic rings. The van der Waals surface area contributed by atoms with Crippen LogP contribution in [0.15, 0.2) is 46.9 Å². The van der Waals surface area contributed by atoms with Crippen molar-refractivity contribution in [2.75, 3.05) is 5.32 Å². The lowest BCUT2D eigenvalue weighted by Gasteiger charge is -2.07. The second-order valence-electron chi connectivity index (χ2n) is 3.31. The first-order valence-corrected chi connectivity index (χ1v) is 5.49. The van der Waals surface area contributed by atoms with Crippen molar-refractivity contribution in [2.45, 2.75) is 13.5 Å². The highest BCUT2D eigenvalue weighted by Crippen LogP contribution is 2.06. The van der Waals surface area contributed by atoms with E-state index < -0.39 is 0 Å². The topological polar surface area (TPSA) is 51.1 Å². The van der Waals surface area contributed by atoms with E-state index in [1.165, 1.54) is 22.2 Å². The van der Waals surface area contributed by atoms with Gasteiger partial charge in [-0.3, -0.25) is 9.59 Å². The van der Waals surface area contributed by atoms with Crippen LogP contribution in [-0.4, -0.2) is 10.5 Å². The molecular formula is C12H13ClN2O2. The van der Waals surface area contributed by atoms with Crippen LogP contribution in [0.2, 0.25) is 0 Å². The number of aryl methyl sites for hydroxylation is 1. The van der Waals surface area contributed by atoms with Crippen molar-refractivity contribution in [3.63, 3.8) is 0 Å². The lowest BCUT2D eigenvalue weighted by Crippen LogP contribution is -2.20. The number of nitrogens with zero attached hydrogens (tertiary/aromatic N) is 1. The van der Waals surface area contributed by atoms with E-state index in [0.29, 0.717) is 12.2 Å². The molecular weight excluding hydrogens is 240 g/mol. The lowest BCUT2D eigenvalue weighted by molar-refractivity contribution is -0.112. The zero-order valence-corrected chi connectivity index (χ0v) is 10.2. The Morgan fingerprint density at radius 2 is 2.29 bits per heavy atom. The molecule has 1 aromatic heterocycles. The maximum absolute atomic E-state index is 11.6. The average molecular weight is 253 g/mol. The summed E-state index contributed by atoms with van der Waals surface area (Å²) in [5.41, 5.74) is 1.90. The van der Waals surface area contributed by atoms with Crippen molar-refractivity contribution in [2.24, 2.45) is 0 Å². The second-order valence-corrected chi connectivity index (χ2v) is 3.57. The summed E-state index contributed by atoms with van der Waals surface area (Å²) < 4.78 is 1.50. The van der Waals surface area contributed by atoms with Gasteiger partial charge in [-0.25, -0.2) is 0 Å². The van der Waals surface area contributed by atoms with Gasteiger partial charge in [-0.2, -0.15) is 0 Å². The molecule has 1 amide bonds. The average Bonchev–Trinajstić information content (AvgIpc) is 2.31. The van der Waals surface area contributed by atoms with E-state index in [-0.39, 0.29) is 17.0 Å². The Morgan fingerprint density at radius 1 is 1.59 bits per heavy atom. The molecule has 1 rings (SSSR count). The van der Waals surface area contributed by atoms with Gasteiger partial charge >= 0.3 is 0 Å². The van der Waals surface area contributed by atoms with Gasteiger partial charge in [0.1, 0.15) is 0 Å². The summed E-state index contributed by atoms with van der Waals surface area (Å²) in [7, 11) is 0. The molecule has 0 spiro atoms. The third-order valence-corrected chi connectivity index (χ3v) is 2.26. The SMILES string of the molecule is C=C(/C=C/Cl)C(=O)Nc1ccc(=O)n(CC)c1. The molecule has 0 saturated carbocycles. The number of hydrogen-bond acceptors (Lipinski definition) is 2. The molecule has 0 fully saturated rings. The molecule has 0 unspecified atom stereocenters. The Bertz CT molecular complexity index is 517. The largest absolute Gasteiger partial charge is 0.321 e. The first kappa shape index (κ1) is 13.3. The smallest absolute Gasteiger partial charge is 0.255 e. The minimum atomic E-state index is -0.358. The number of pyridine rings is 1. The minimum Gasteiger partial charge on any atom is -0.321 e. The Labute approximate surface area is 104 Å². The van der Waals surface area contributed by atoms with Gasteiger partial charge in [-0.1, -0.05) is 18.2 Å². The Hall–Kier alpha value is -1.81. The van der Waals surface area contributed by atoms with E-state index in [0.717, 1.165) is 0 Å². The number of halogens is 1. The molecule has 4 nitrogen and oxygen atoms in total.